The molecule has 2 atom stereocenters. The average molecular weight is 205 g/mol. The second-order valence-electron chi connectivity index (χ2n) is 4.44. The van der Waals surface area contributed by atoms with Crippen molar-refractivity contribution in [3.05, 3.63) is 0 Å². The predicted molar refractivity (Wildman–Crippen MR) is 61.1 cm³/mol. The molecule has 3 N–H and O–H groups in total. The molecule has 2 unspecified atom stereocenters. The van der Waals surface area contributed by atoms with Crippen LogP contribution in [0.4, 0.5) is 0 Å². The molecule has 0 saturated heterocycles. The van der Waals surface area contributed by atoms with Gasteiger partial charge in [0.25, 0.3) is 0 Å². The topological polar surface area (TPSA) is 46.2 Å². The number of hydrogen-bond donors (Lipinski definition) is 2. The summed E-state index contributed by atoms with van der Waals surface area (Å²) in [6.45, 7) is 8.72. The van der Waals surface area contributed by atoms with E-state index < -0.39 is 5.60 Å². The van der Waals surface area contributed by atoms with Crippen molar-refractivity contribution >= 4 is 11.8 Å². The molecule has 0 bridgehead atoms. The maximum absolute atomic E-state index is 9.72. The highest BCUT2D eigenvalue weighted by Gasteiger charge is 2.21. The van der Waals surface area contributed by atoms with E-state index in [1.807, 2.05) is 11.8 Å². The van der Waals surface area contributed by atoms with Gasteiger partial charge >= 0.3 is 0 Å². The van der Waals surface area contributed by atoms with Crippen LogP contribution in [-0.2, 0) is 0 Å². The minimum absolute atomic E-state index is 0.347. The Kier molecular flexibility index (Phi) is 6.01. The van der Waals surface area contributed by atoms with Crippen molar-refractivity contribution < 1.29 is 5.11 Å². The van der Waals surface area contributed by atoms with Crippen LogP contribution in [0, 0.1) is 5.92 Å². The van der Waals surface area contributed by atoms with Crippen molar-refractivity contribution in [1.29, 1.82) is 0 Å². The third-order valence-corrected chi connectivity index (χ3v) is 3.48. The Morgan fingerprint density at radius 2 is 1.92 bits per heavy atom. The summed E-state index contributed by atoms with van der Waals surface area (Å²) in [5.41, 5.74) is 4.76. The smallest absolute Gasteiger partial charge is 0.0751 e. The largest absolute Gasteiger partial charge is 0.389 e. The van der Waals surface area contributed by atoms with Crippen LogP contribution < -0.4 is 5.73 Å². The molecule has 3 heteroatoms. The standard InChI is InChI=1S/C10H23NOS/c1-8(2)6-13-9(3)5-10(4,12)7-11/h8-9,12H,5-7,11H2,1-4H3. The maximum atomic E-state index is 9.72. The highest BCUT2D eigenvalue weighted by molar-refractivity contribution is 7.99. The number of aliphatic hydroxyl groups is 1. The zero-order valence-electron chi connectivity index (χ0n) is 9.21. The van der Waals surface area contributed by atoms with E-state index in [4.69, 9.17) is 5.73 Å². The molecule has 0 radical (unpaired) electrons. The van der Waals surface area contributed by atoms with Crippen molar-refractivity contribution in [3.63, 3.8) is 0 Å². The lowest BCUT2D eigenvalue weighted by molar-refractivity contribution is 0.0608. The quantitative estimate of drug-likeness (QED) is 0.696. The Morgan fingerprint density at radius 1 is 1.38 bits per heavy atom. The van der Waals surface area contributed by atoms with E-state index in [1.165, 1.54) is 0 Å². The summed E-state index contributed by atoms with van der Waals surface area (Å²) in [5.74, 6) is 1.87. The summed E-state index contributed by atoms with van der Waals surface area (Å²) in [5, 5.41) is 10.2. The normalized spacial score (nSPS) is 18.7. The van der Waals surface area contributed by atoms with E-state index in [9.17, 15) is 5.11 Å². The first-order chi connectivity index (χ1) is 5.87. The molecule has 0 fully saturated rings. The fourth-order valence-electron chi connectivity index (χ4n) is 1.12. The fraction of sp³-hybridized carbons (Fsp3) is 1.00. The Hall–Kier alpha value is 0.270. The highest BCUT2D eigenvalue weighted by Crippen LogP contribution is 2.22. The van der Waals surface area contributed by atoms with E-state index in [0.29, 0.717) is 11.8 Å². The van der Waals surface area contributed by atoms with Gasteiger partial charge in [-0.25, -0.2) is 0 Å². The van der Waals surface area contributed by atoms with Crippen LogP contribution in [-0.4, -0.2) is 28.3 Å². The molecule has 0 saturated carbocycles. The summed E-state index contributed by atoms with van der Waals surface area (Å²) < 4.78 is 0. The van der Waals surface area contributed by atoms with Gasteiger partial charge < -0.3 is 10.8 Å². The number of hydrogen-bond acceptors (Lipinski definition) is 3. The first-order valence-corrected chi connectivity index (χ1v) is 5.96. The zero-order chi connectivity index (χ0) is 10.5. The molecule has 0 aliphatic rings. The predicted octanol–water partition coefficient (Wildman–Crippen LogP) is 1.86. The molecule has 80 valence electrons. The molecule has 0 amide bonds. The van der Waals surface area contributed by atoms with Gasteiger partial charge in [-0.1, -0.05) is 20.8 Å². The van der Waals surface area contributed by atoms with Crippen molar-refractivity contribution in [2.75, 3.05) is 12.3 Å². The van der Waals surface area contributed by atoms with Crippen molar-refractivity contribution in [1.82, 2.24) is 0 Å². The first-order valence-electron chi connectivity index (χ1n) is 4.91. The molecule has 0 aliphatic heterocycles. The molecule has 0 aromatic carbocycles. The molecular formula is C10H23NOS. The third-order valence-electron chi connectivity index (χ3n) is 1.88. The van der Waals surface area contributed by atoms with Crippen LogP contribution >= 0.6 is 11.8 Å². The van der Waals surface area contributed by atoms with E-state index in [-0.39, 0.29) is 0 Å². The Morgan fingerprint density at radius 3 is 2.31 bits per heavy atom. The van der Waals surface area contributed by atoms with Gasteiger partial charge in [0.1, 0.15) is 0 Å². The first kappa shape index (κ1) is 13.3. The van der Waals surface area contributed by atoms with Gasteiger partial charge in [0, 0.05) is 11.8 Å². The molecule has 13 heavy (non-hydrogen) atoms. The summed E-state index contributed by atoms with van der Waals surface area (Å²) in [6.07, 6.45) is 0.779. The second kappa shape index (κ2) is 5.89. The SMILES string of the molecule is CC(C)CSC(C)CC(C)(O)CN. The van der Waals surface area contributed by atoms with Gasteiger partial charge in [0.05, 0.1) is 5.60 Å². The molecule has 2 nitrogen and oxygen atoms in total. The average Bonchev–Trinajstić information content (AvgIpc) is 2.00. The van der Waals surface area contributed by atoms with Crippen molar-refractivity contribution in [2.24, 2.45) is 11.7 Å². The monoisotopic (exact) mass is 205 g/mol. The van der Waals surface area contributed by atoms with Crippen molar-refractivity contribution in [3.8, 4) is 0 Å². The number of nitrogens with two attached hydrogens (primary N) is 1. The van der Waals surface area contributed by atoms with Crippen LogP contribution in [0.3, 0.4) is 0 Å². The summed E-state index contributed by atoms with van der Waals surface area (Å²) in [4.78, 5) is 0. The van der Waals surface area contributed by atoms with Crippen LogP contribution in [0.1, 0.15) is 34.1 Å². The van der Waals surface area contributed by atoms with Crippen molar-refractivity contribution in [2.45, 2.75) is 45.0 Å². The Labute approximate surface area is 86.3 Å². The van der Waals surface area contributed by atoms with E-state index in [2.05, 4.69) is 20.8 Å². The van der Waals surface area contributed by atoms with Gasteiger partial charge in [-0.3, -0.25) is 0 Å². The Bertz CT molecular complexity index is 137. The molecule has 0 heterocycles. The molecule has 0 rings (SSSR count). The Balaban J connectivity index is 3.67. The van der Waals surface area contributed by atoms with Gasteiger partial charge in [-0.05, 0) is 25.0 Å². The number of thioether (sulfide) groups is 1. The van der Waals surface area contributed by atoms with Gasteiger partial charge in [-0.15, -0.1) is 0 Å². The lowest BCUT2D eigenvalue weighted by atomic mass is 10.0. The maximum Gasteiger partial charge on any atom is 0.0751 e. The summed E-state index contributed by atoms with van der Waals surface area (Å²) in [6, 6.07) is 0. The van der Waals surface area contributed by atoms with Crippen LogP contribution in [0.5, 0.6) is 0 Å². The van der Waals surface area contributed by atoms with Crippen LogP contribution in [0.25, 0.3) is 0 Å². The molecular weight excluding hydrogens is 182 g/mol. The minimum Gasteiger partial charge on any atom is -0.389 e. The van der Waals surface area contributed by atoms with Gasteiger partial charge in [0.15, 0.2) is 0 Å². The van der Waals surface area contributed by atoms with Gasteiger partial charge in [-0.2, -0.15) is 11.8 Å². The minimum atomic E-state index is -0.691. The van der Waals surface area contributed by atoms with E-state index in [0.717, 1.165) is 18.1 Å². The lowest BCUT2D eigenvalue weighted by Crippen LogP contribution is -2.36. The second-order valence-corrected chi connectivity index (χ2v) is 5.91. The van der Waals surface area contributed by atoms with E-state index in [1.54, 1.807) is 6.92 Å². The molecule has 0 aromatic rings. The lowest BCUT2D eigenvalue weighted by Gasteiger charge is -2.25. The van der Waals surface area contributed by atoms with Gasteiger partial charge in [0.2, 0.25) is 0 Å². The third kappa shape index (κ3) is 7.35. The molecule has 0 spiro atoms. The molecule has 0 aliphatic carbocycles. The van der Waals surface area contributed by atoms with Crippen LogP contribution in [0.2, 0.25) is 0 Å². The molecule has 0 aromatic heterocycles. The van der Waals surface area contributed by atoms with Crippen LogP contribution in [0.15, 0.2) is 0 Å². The summed E-state index contributed by atoms with van der Waals surface area (Å²) >= 11 is 1.91. The summed E-state index contributed by atoms with van der Waals surface area (Å²) in [7, 11) is 0. The fourth-order valence-corrected chi connectivity index (χ4v) is 2.31. The zero-order valence-corrected chi connectivity index (χ0v) is 10.0. The highest BCUT2D eigenvalue weighted by atomic mass is 32.2. The van der Waals surface area contributed by atoms with E-state index >= 15 is 0 Å². The number of rotatable bonds is 6.